The number of nitrogens with zero attached hydrogens (tertiary/aromatic N) is 2. The second-order valence-electron chi connectivity index (χ2n) is 6.77. The van der Waals surface area contributed by atoms with Gasteiger partial charge in [0.1, 0.15) is 0 Å². The van der Waals surface area contributed by atoms with E-state index in [4.69, 9.17) is 5.11 Å². The fourth-order valence-electron chi connectivity index (χ4n) is 3.68. The Bertz CT molecular complexity index is 733. The molecule has 1 fully saturated rings. The molecule has 4 nitrogen and oxygen atoms in total. The molecule has 0 radical (unpaired) electrons. The van der Waals surface area contributed by atoms with E-state index in [1.807, 2.05) is 13.1 Å². The molecule has 132 valence electrons. The van der Waals surface area contributed by atoms with E-state index in [0.717, 1.165) is 32.4 Å². The maximum Gasteiger partial charge on any atom is 0.304 e. The topological polar surface area (TPSA) is 45.5 Å². The van der Waals surface area contributed by atoms with E-state index in [1.54, 1.807) is 0 Å². The molecule has 1 N–H and O–H groups in total. The summed E-state index contributed by atoms with van der Waals surface area (Å²) in [6.07, 6.45) is 9.79. The van der Waals surface area contributed by atoms with Crippen molar-refractivity contribution in [2.45, 2.75) is 31.7 Å². The van der Waals surface area contributed by atoms with Gasteiger partial charge in [-0.15, -0.1) is 0 Å². The lowest BCUT2D eigenvalue weighted by Crippen LogP contribution is -2.32. The molecule has 1 atom stereocenters. The maximum absolute atomic E-state index is 11.0. The van der Waals surface area contributed by atoms with Gasteiger partial charge in [-0.1, -0.05) is 36.4 Å². The van der Waals surface area contributed by atoms with Crippen molar-refractivity contribution in [1.82, 2.24) is 9.47 Å². The van der Waals surface area contributed by atoms with Crippen LogP contribution >= 0.6 is 0 Å². The zero-order valence-electron chi connectivity index (χ0n) is 14.8. The summed E-state index contributed by atoms with van der Waals surface area (Å²) in [5.74, 6) is -0.693. The highest BCUT2D eigenvalue weighted by Crippen LogP contribution is 2.25. The second kappa shape index (κ2) is 8.17. The molecule has 2 aromatic rings. The Morgan fingerprint density at radius 2 is 2.04 bits per heavy atom. The Labute approximate surface area is 149 Å². The predicted molar refractivity (Wildman–Crippen MR) is 100 cm³/mol. The van der Waals surface area contributed by atoms with Gasteiger partial charge in [-0.25, -0.2) is 0 Å². The lowest BCUT2D eigenvalue weighted by Gasteiger charge is -2.22. The molecule has 1 aromatic heterocycles. The van der Waals surface area contributed by atoms with Crippen LogP contribution in [-0.4, -0.2) is 39.7 Å². The van der Waals surface area contributed by atoms with Crippen LogP contribution in [0.4, 0.5) is 0 Å². The largest absolute Gasteiger partial charge is 0.481 e. The van der Waals surface area contributed by atoms with Crippen molar-refractivity contribution in [1.29, 1.82) is 0 Å². The van der Waals surface area contributed by atoms with Crippen LogP contribution in [0.5, 0.6) is 0 Å². The Morgan fingerprint density at radius 1 is 1.24 bits per heavy atom. The fraction of sp³-hybridized carbons (Fsp3) is 0.381. The average molecular weight is 338 g/mol. The minimum Gasteiger partial charge on any atom is -0.481 e. The van der Waals surface area contributed by atoms with Crippen molar-refractivity contribution in [2.24, 2.45) is 7.05 Å². The number of benzene rings is 1. The van der Waals surface area contributed by atoms with Gasteiger partial charge in [-0.05, 0) is 48.6 Å². The summed E-state index contributed by atoms with van der Waals surface area (Å²) in [6.45, 7) is 1.93. The Morgan fingerprint density at radius 3 is 2.72 bits per heavy atom. The molecule has 1 saturated heterocycles. The van der Waals surface area contributed by atoms with Gasteiger partial charge >= 0.3 is 5.97 Å². The van der Waals surface area contributed by atoms with Gasteiger partial charge in [0, 0.05) is 32.0 Å². The minimum absolute atomic E-state index is 0.197. The molecule has 0 spiro atoms. The third kappa shape index (κ3) is 4.60. The average Bonchev–Trinajstić information content (AvgIpc) is 3.21. The van der Waals surface area contributed by atoms with Gasteiger partial charge in [0.2, 0.25) is 0 Å². The van der Waals surface area contributed by atoms with Crippen LogP contribution in [0.2, 0.25) is 0 Å². The molecule has 3 rings (SSSR count). The standard InChI is InChI=1S/C21H26N2O2/c1-22-14-11-18(16-22)20(17-7-3-2-4-8-17)10-6-13-23-12-5-9-19(23)15-21(24)25/h2-4,7-8,10-11,14,16,19H,5-6,9,12-13,15H2,1H3,(H,24,25)/t19-/m0/s1. The highest BCUT2D eigenvalue weighted by Gasteiger charge is 2.25. The quantitative estimate of drug-likeness (QED) is 0.835. The van der Waals surface area contributed by atoms with E-state index >= 15 is 0 Å². The highest BCUT2D eigenvalue weighted by molar-refractivity contribution is 5.79. The number of carbonyl (C=O) groups is 1. The number of carboxylic acid groups (broad SMARTS) is 1. The molecule has 25 heavy (non-hydrogen) atoms. The number of aliphatic carboxylic acids is 1. The lowest BCUT2D eigenvalue weighted by atomic mass is 9.99. The molecule has 0 aliphatic carbocycles. The van der Waals surface area contributed by atoms with Gasteiger partial charge in [0.05, 0.1) is 6.42 Å². The van der Waals surface area contributed by atoms with Crippen LogP contribution < -0.4 is 0 Å². The molecular formula is C21H26N2O2. The van der Waals surface area contributed by atoms with Gasteiger partial charge in [0.25, 0.3) is 0 Å². The van der Waals surface area contributed by atoms with Crippen LogP contribution in [0.1, 0.15) is 36.8 Å². The first-order valence-electron chi connectivity index (χ1n) is 8.97. The SMILES string of the molecule is Cn1ccc(C(=CCCN2CCC[C@H]2CC(=O)O)c2ccccc2)c1. The maximum atomic E-state index is 11.0. The first-order chi connectivity index (χ1) is 12.1. The Hall–Kier alpha value is -2.33. The van der Waals surface area contributed by atoms with E-state index in [9.17, 15) is 4.79 Å². The molecule has 0 saturated carbocycles. The van der Waals surface area contributed by atoms with Gasteiger partial charge in [-0.3, -0.25) is 9.69 Å². The molecule has 0 bridgehead atoms. The Balaban J connectivity index is 1.72. The van der Waals surface area contributed by atoms with Crippen LogP contribution in [0.3, 0.4) is 0 Å². The van der Waals surface area contributed by atoms with E-state index in [-0.39, 0.29) is 12.5 Å². The zero-order chi connectivity index (χ0) is 17.6. The van der Waals surface area contributed by atoms with Gasteiger partial charge in [0.15, 0.2) is 0 Å². The third-order valence-corrected chi connectivity index (χ3v) is 4.90. The number of likely N-dealkylation sites (tertiary alicyclic amines) is 1. The Kier molecular flexibility index (Phi) is 5.71. The van der Waals surface area contributed by atoms with Crippen LogP contribution in [0, 0.1) is 0 Å². The van der Waals surface area contributed by atoms with Crippen LogP contribution in [0.25, 0.3) is 5.57 Å². The zero-order valence-corrected chi connectivity index (χ0v) is 14.8. The van der Waals surface area contributed by atoms with Crippen LogP contribution in [0.15, 0.2) is 54.9 Å². The molecule has 0 unspecified atom stereocenters. The number of rotatable bonds is 7. The number of carboxylic acids is 1. The van der Waals surface area contributed by atoms with Gasteiger partial charge < -0.3 is 9.67 Å². The van der Waals surface area contributed by atoms with Crippen molar-refractivity contribution in [3.05, 3.63) is 66.0 Å². The predicted octanol–water partition coefficient (Wildman–Crippen LogP) is 3.79. The van der Waals surface area contributed by atoms with Crippen molar-refractivity contribution in [3.63, 3.8) is 0 Å². The summed E-state index contributed by atoms with van der Waals surface area (Å²) in [4.78, 5) is 13.3. The van der Waals surface area contributed by atoms with E-state index in [2.05, 4.69) is 58.3 Å². The smallest absolute Gasteiger partial charge is 0.304 e. The molecular weight excluding hydrogens is 312 g/mol. The van der Waals surface area contributed by atoms with Crippen molar-refractivity contribution in [2.75, 3.05) is 13.1 Å². The normalized spacial score (nSPS) is 18.6. The van der Waals surface area contributed by atoms with Crippen molar-refractivity contribution >= 4 is 11.5 Å². The molecule has 1 aromatic carbocycles. The van der Waals surface area contributed by atoms with Gasteiger partial charge in [-0.2, -0.15) is 0 Å². The number of aromatic nitrogens is 1. The number of aryl methyl sites for hydroxylation is 1. The molecule has 1 aliphatic heterocycles. The summed E-state index contributed by atoms with van der Waals surface area (Å²) in [5, 5.41) is 9.06. The summed E-state index contributed by atoms with van der Waals surface area (Å²) in [6, 6.07) is 12.8. The summed E-state index contributed by atoms with van der Waals surface area (Å²) >= 11 is 0. The van der Waals surface area contributed by atoms with E-state index in [1.165, 1.54) is 16.7 Å². The molecule has 0 amide bonds. The first-order valence-corrected chi connectivity index (χ1v) is 8.97. The third-order valence-electron chi connectivity index (χ3n) is 4.90. The molecule has 1 aliphatic rings. The monoisotopic (exact) mass is 338 g/mol. The summed E-state index contributed by atoms with van der Waals surface area (Å²) in [7, 11) is 2.03. The molecule has 4 heteroatoms. The summed E-state index contributed by atoms with van der Waals surface area (Å²) < 4.78 is 2.06. The van der Waals surface area contributed by atoms with Crippen molar-refractivity contribution < 1.29 is 9.90 Å². The number of hydrogen-bond acceptors (Lipinski definition) is 2. The fourth-order valence-corrected chi connectivity index (χ4v) is 3.68. The van der Waals surface area contributed by atoms with E-state index < -0.39 is 5.97 Å². The summed E-state index contributed by atoms with van der Waals surface area (Å²) in [5.41, 5.74) is 3.68. The number of hydrogen-bond donors (Lipinski definition) is 1. The van der Waals surface area contributed by atoms with Crippen molar-refractivity contribution in [3.8, 4) is 0 Å². The minimum atomic E-state index is -0.693. The lowest BCUT2D eigenvalue weighted by molar-refractivity contribution is -0.138. The first kappa shape index (κ1) is 17.5. The second-order valence-corrected chi connectivity index (χ2v) is 6.77. The highest BCUT2D eigenvalue weighted by atomic mass is 16.4. The molecule has 2 heterocycles. The van der Waals surface area contributed by atoms with E-state index in [0.29, 0.717) is 0 Å². The van der Waals surface area contributed by atoms with Crippen LogP contribution in [-0.2, 0) is 11.8 Å².